The fourth-order valence-electron chi connectivity index (χ4n) is 3.21. The van der Waals surface area contributed by atoms with Crippen molar-refractivity contribution in [2.45, 2.75) is 53.0 Å². The summed E-state index contributed by atoms with van der Waals surface area (Å²) in [6.45, 7) is 10.1. The van der Waals surface area contributed by atoms with E-state index in [1.54, 1.807) is 7.05 Å². The molecule has 4 heteroatoms. The van der Waals surface area contributed by atoms with E-state index < -0.39 is 0 Å². The van der Waals surface area contributed by atoms with E-state index in [1.807, 2.05) is 0 Å². The predicted molar refractivity (Wildman–Crippen MR) is 81.0 cm³/mol. The van der Waals surface area contributed by atoms with Crippen molar-refractivity contribution in [2.24, 2.45) is 17.3 Å². The Labute approximate surface area is 123 Å². The topological polar surface area (TPSA) is 56.1 Å². The SMILES string of the molecule is CCN(CC(=O)NC)C1CC(C(C)(C)C)CCC1C#N. The lowest BCUT2D eigenvalue weighted by molar-refractivity contribution is -0.122. The van der Waals surface area contributed by atoms with E-state index in [1.165, 1.54) is 0 Å². The van der Waals surface area contributed by atoms with Crippen LogP contribution in [0.1, 0.15) is 47.0 Å². The van der Waals surface area contributed by atoms with Crippen LogP contribution < -0.4 is 5.32 Å². The first-order valence-corrected chi connectivity index (χ1v) is 7.67. The van der Waals surface area contributed by atoms with Crippen molar-refractivity contribution >= 4 is 5.91 Å². The van der Waals surface area contributed by atoms with Gasteiger partial charge in [0.1, 0.15) is 0 Å². The summed E-state index contributed by atoms with van der Waals surface area (Å²) in [6, 6.07) is 2.67. The molecule has 0 aromatic carbocycles. The minimum atomic E-state index is 0.0291. The summed E-state index contributed by atoms with van der Waals surface area (Å²) in [4.78, 5) is 13.8. The number of nitriles is 1. The van der Waals surface area contributed by atoms with Gasteiger partial charge < -0.3 is 5.32 Å². The second kappa shape index (κ2) is 7.08. The molecule has 0 aliphatic heterocycles. The van der Waals surface area contributed by atoms with Gasteiger partial charge in [0.2, 0.25) is 5.91 Å². The molecule has 0 aromatic heterocycles. The van der Waals surface area contributed by atoms with E-state index in [0.717, 1.165) is 25.8 Å². The molecule has 0 heterocycles. The molecule has 0 saturated heterocycles. The highest BCUT2D eigenvalue weighted by Gasteiger charge is 2.38. The highest BCUT2D eigenvalue weighted by atomic mass is 16.1. The Morgan fingerprint density at radius 2 is 2.05 bits per heavy atom. The minimum Gasteiger partial charge on any atom is -0.358 e. The normalized spacial score (nSPS) is 27.1. The molecule has 20 heavy (non-hydrogen) atoms. The molecule has 1 rings (SSSR count). The Morgan fingerprint density at radius 1 is 1.40 bits per heavy atom. The predicted octanol–water partition coefficient (Wildman–Crippen LogP) is 2.41. The Balaban J connectivity index is 2.84. The van der Waals surface area contributed by atoms with E-state index in [2.05, 4.69) is 44.0 Å². The zero-order valence-corrected chi connectivity index (χ0v) is 13.6. The fourth-order valence-corrected chi connectivity index (χ4v) is 3.21. The highest BCUT2D eigenvalue weighted by Crippen LogP contribution is 2.41. The summed E-state index contributed by atoms with van der Waals surface area (Å²) in [5.41, 5.74) is 0.269. The summed E-state index contributed by atoms with van der Waals surface area (Å²) in [6.07, 6.45) is 3.09. The van der Waals surface area contributed by atoms with Crippen molar-refractivity contribution in [2.75, 3.05) is 20.1 Å². The van der Waals surface area contributed by atoms with Crippen molar-refractivity contribution in [3.63, 3.8) is 0 Å². The molecule has 3 unspecified atom stereocenters. The maximum atomic E-state index is 11.7. The molecule has 0 spiro atoms. The molecule has 1 aliphatic rings. The number of hydrogen-bond donors (Lipinski definition) is 1. The van der Waals surface area contributed by atoms with Crippen LogP contribution in [0.4, 0.5) is 0 Å². The second-order valence-electron chi connectivity index (χ2n) is 6.92. The number of carbonyl (C=O) groups excluding carboxylic acids is 1. The van der Waals surface area contributed by atoms with Gasteiger partial charge in [-0.3, -0.25) is 9.69 Å². The van der Waals surface area contributed by atoms with Gasteiger partial charge in [-0.2, -0.15) is 5.26 Å². The van der Waals surface area contributed by atoms with Crippen LogP contribution in [0.2, 0.25) is 0 Å². The molecule has 1 N–H and O–H groups in total. The van der Waals surface area contributed by atoms with E-state index in [4.69, 9.17) is 0 Å². The lowest BCUT2D eigenvalue weighted by Gasteiger charge is -2.43. The van der Waals surface area contributed by atoms with Gasteiger partial charge in [0.05, 0.1) is 18.5 Å². The van der Waals surface area contributed by atoms with Crippen molar-refractivity contribution in [3.8, 4) is 6.07 Å². The van der Waals surface area contributed by atoms with Gasteiger partial charge in [0.25, 0.3) is 0 Å². The van der Waals surface area contributed by atoms with Crippen LogP contribution in [-0.4, -0.2) is 37.0 Å². The van der Waals surface area contributed by atoms with E-state index in [-0.39, 0.29) is 23.3 Å². The molecule has 114 valence electrons. The monoisotopic (exact) mass is 279 g/mol. The van der Waals surface area contributed by atoms with Crippen LogP contribution in [0.15, 0.2) is 0 Å². The number of likely N-dealkylation sites (N-methyl/N-ethyl adjacent to an activating group) is 2. The molecule has 1 amide bonds. The number of rotatable bonds is 4. The molecule has 0 bridgehead atoms. The molecular weight excluding hydrogens is 250 g/mol. The molecule has 0 aromatic rings. The standard InChI is InChI=1S/C16H29N3O/c1-6-19(11-15(20)18-5)14-9-13(16(2,3)4)8-7-12(14)10-17/h12-14H,6-9,11H2,1-5H3,(H,18,20). The third kappa shape index (κ3) is 4.21. The molecule has 1 aliphatic carbocycles. The average molecular weight is 279 g/mol. The van der Waals surface area contributed by atoms with Crippen LogP contribution in [0.3, 0.4) is 0 Å². The van der Waals surface area contributed by atoms with Gasteiger partial charge in [-0.05, 0) is 37.1 Å². The molecule has 0 radical (unpaired) electrons. The maximum absolute atomic E-state index is 11.7. The highest BCUT2D eigenvalue weighted by molar-refractivity contribution is 5.77. The largest absolute Gasteiger partial charge is 0.358 e. The zero-order valence-electron chi connectivity index (χ0n) is 13.6. The fraction of sp³-hybridized carbons (Fsp3) is 0.875. The van der Waals surface area contributed by atoms with E-state index >= 15 is 0 Å². The molecular formula is C16H29N3O. The Kier molecular flexibility index (Phi) is 6.01. The van der Waals surface area contributed by atoms with E-state index in [0.29, 0.717) is 12.5 Å². The summed E-state index contributed by atoms with van der Waals surface area (Å²) in [5.74, 6) is 0.704. The lowest BCUT2D eigenvalue weighted by Crippen LogP contribution is -2.49. The van der Waals surface area contributed by atoms with Crippen LogP contribution >= 0.6 is 0 Å². The second-order valence-corrected chi connectivity index (χ2v) is 6.92. The summed E-state index contributed by atoms with van der Waals surface area (Å²) in [7, 11) is 1.66. The zero-order chi connectivity index (χ0) is 15.3. The lowest BCUT2D eigenvalue weighted by atomic mass is 9.68. The molecule has 4 nitrogen and oxygen atoms in total. The minimum absolute atomic E-state index is 0.0291. The summed E-state index contributed by atoms with van der Waals surface area (Å²) >= 11 is 0. The Hall–Kier alpha value is -1.08. The molecule has 3 atom stereocenters. The first kappa shape index (κ1) is 17.0. The van der Waals surface area contributed by atoms with E-state index in [9.17, 15) is 10.1 Å². The van der Waals surface area contributed by atoms with Gasteiger partial charge in [0, 0.05) is 13.1 Å². The van der Waals surface area contributed by atoms with Crippen LogP contribution in [0, 0.1) is 28.6 Å². The van der Waals surface area contributed by atoms with Crippen molar-refractivity contribution in [3.05, 3.63) is 0 Å². The van der Waals surface area contributed by atoms with Gasteiger partial charge in [-0.25, -0.2) is 0 Å². The number of nitrogens with zero attached hydrogens (tertiary/aromatic N) is 2. The van der Waals surface area contributed by atoms with Crippen molar-refractivity contribution in [1.82, 2.24) is 10.2 Å². The quantitative estimate of drug-likeness (QED) is 0.859. The third-order valence-corrected chi connectivity index (χ3v) is 4.71. The van der Waals surface area contributed by atoms with Crippen molar-refractivity contribution < 1.29 is 4.79 Å². The Morgan fingerprint density at radius 3 is 2.50 bits per heavy atom. The van der Waals surface area contributed by atoms with Gasteiger partial charge >= 0.3 is 0 Å². The number of hydrogen-bond acceptors (Lipinski definition) is 3. The van der Waals surface area contributed by atoms with Crippen LogP contribution in [-0.2, 0) is 4.79 Å². The first-order chi connectivity index (χ1) is 9.33. The number of amides is 1. The summed E-state index contributed by atoms with van der Waals surface area (Å²) in [5, 5.41) is 12.1. The average Bonchev–Trinajstić information content (AvgIpc) is 2.42. The number of carbonyl (C=O) groups is 1. The number of nitrogens with one attached hydrogen (secondary N) is 1. The smallest absolute Gasteiger partial charge is 0.233 e. The van der Waals surface area contributed by atoms with Crippen LogP contribution in [0.5, 0.6) is 0 Å². The first-order valence-electron chi connectivity index (χ1n) is 7.67. The molecule has 1 saturated carbocycles. The van der Waals surface area contributed by atoms with Crippen LogP contribution in [0.25, 0.3) is 0 Å². The van der Waals surface area contributed by atoms with Gasteiger partial charge in [0.15, 0.2) is 0 Å². The van der Waals surface area contributed by atoms with Gasteiger partial charge in [-0.15, -0.1) is 0 Å². The van der Waals surface area contributed by atoms with Crippen molar-refractivity contribution in [1.29, 1.82) is 5.26 Å². The Bertz CT molecular complexity index is 367. The summed E-state index contributed by atoms with van der Waals surface area (Å²) < 4.78 is 0. The third-order valence-electron chi connectivity index (χ3n) is 4.71. The van der Waals surface area contributed by atoms with Gasteiger partial charge in [-0.1, -0.05) is 27.7 Å². The maximum Gasteiger partial charge on any atom is 0.233 e. The molecule has 1 fully saturated rings.